The van der Waals surface area contributed by atoms with Gasteiger partial charge in [0.2, 0.25) is 0 Å². The number of rotatable bonds is 11. The zero-order chi connectivity index (χ0) is 18.7. The fraction of sp³-hybridized carbons (Fsp3) is 0.571. The van der Waals surface area contributed by atoms with Gasteiger partial charge < -0.3 is 10.2 Å². The molecule has 0 amide bonds. The first-order chi connectivity index (χ1) is 12.0. The highest BCUT2D eigenvalue weighted by Crippen LogP contribution is 2.27. The number of aliphatic hydroxyl groups excluding tert-OH is 1. The Labute approximate surface area is 150 Å². The van der Waals surface area contributed by atoms with Crippen LogP contribution < -0.4 is 0 Å². The third kappa shape index (κ3) is 8.15. The maximum absolute atomic E-state index is 12.0. The lowest BCUT2D eigenvalue weighted by Gasteiger charge is -2.03. The summed E-state index contributed by atoms with van der Waals surface area (Å²) in [7, 11) is 0. The number of Topliss-reactive ketones (excluding diaryl/α,β-unsaturated/α-hetero) is 1. The van der Waals surface area contributed by atoms with E-state index in [4.69, 9.17) is 5.11 Å². The molecule has 2 N–H and O–H groups in total. The van der Waals surface area contributed by atoms with Crippen molar-refractivity contribution in [3.8, 4) is 0 Å². The number of ketones is 1. The second kappa shape index (κ2) is 11.6. The molecule has 0 bridgehead atoms. The number of hydrogen-bond acceptors (Lipinski definition) is 3. The van der Waals surface area contributed by atoms with E-state index in [1.165, 1.54) is 25.7 Å². The van der Waals surface area contributed by atoms with Crippen LogP contribution in [0, 0.1) is 0 Å². The summed E-state index contributed by atoms with van der Waals surface area (Å²) in [5.74, 6) is -1.05. The number of carbonyl (C=O) groups is 2. The van der Waals surface area contributed by atoms with Crippen LogP contribution in [0.15, 0.2) is 40.7 Å². The Morgan fingerprint density at radius 3 is 2.72 bits per heavy atom. The zero-order valence-corrected chi connectivity index (χ0v) is 15.4. The number of allylic oxidation sites excluding steroid dienone is 4. The molecule has 0 aliphatic heterocycles. The van der Waals surface area contributed by atoms with Crippen molar-refractivity contribution >= 4 is 11.8 Å². The molecule has 0 saturated heterocycles. The van der Waals surface area contributed by atoms with Gasteiger partial charge in [-0.2, -0.15) is 0 Å². The van der Waals surface area contributed by atoms with Crippen LogP contribution in [0.4, 0.5) is 0 Å². The minimum Gasteiger partial charge on any atom is -0.479 e. The summed E-state index contributed by atoms with van der Waals surface area (Å²) in [4.78, 5) is 22.7. The molecule has 1 rings (SSSR count). The summed E-state index contributed by atoms with van der Waals surface area (Å²) in [6.45, 7) is 3.92. The molecule has 0 aromatic heterocycles. The molecule has 0 aromatic rings. The van der Waals surface area contributed by atoms with E-state index in [2.05, 4.69) is 24.8 Å². The van der Waals surface area contributed by atoms with Crippen molar-refractivity contribution in [2.75, 3.05) is 0 Å². The Bertz CT molecular complexity index is 589. The van der Waals surface area contributed by atoms with Gasteiger partial charge in [0.05, 0.1) is 0 Å². The number of hydrogen-bond donors (Lipinski definition) is 2. The van der Waals surface area contributed by atoms with Crippen molar-refractivity contribution in [3.63, 3.8) is 0 Å². The van der Waals surface area contributed by atoms with E-state index in [0.29, 0.717) is 18.4 Å². The predicted molar refractivity (Wildman–Crippen MR) is 99.3 cm³/mol. The summed E-state index contributed by atoms with van der Waals surface area (Å²) in [6, 6.07) is 0. The molecule has 1 aliphatic carbocycles. The third-order valence-corrected chi connectivity index (χ3v) is 4.33. The number of carboxylic acid groups (broad SMARTS) is 1. The molecule has 0 aromatic carbocycles. The second-order valence-electron chi connectivity index (χ2n) is 6.57. The Morgan fingerprint density at radius 1 is 1.28 bits per heavy atom. The van der Waals surface area contributed by atoms with Crippen LogP contribution in [0.25, 0.3) is 0 Å². The molecule has 1 unspecified atom stereocenters. The van der Waals surface area contributed by atoms with Gasteiger partial charge in [-0.05, 0) is 43.4 Å². The maximum atomic E-state index is 12.0. The van der Waals surface area contributed by atoms with Gasteiger partial charge in [0, 0.05) is 24.8 Å². The number of aliphatic hydroxyl groups is 1. The highest BCUT2D eigenvalue weighted by Gasteiger charge is 2.20. The Hall–Kier alpha value is -1.90. The van der Waals surface area contributed by atoms with Crippen molar-refractivity contribution in [2.24, 2.45) is 0 Å². The van der Waals surface area contributed by atoms with Crippen molar-refractivity contribution in [2.45, 2.75) is 77.7 Å². The van der Waals surface area contributed by atoms with Gasteiger partial charge >= 0.3 is 5.97 Å². The molecule has 4 heteroatoms. The Morgan fingerprint density at radius 2 is 2.04 bits per heavy atom. The molecular formula is C21H30O4. The van der Waals surface area contributed by atoms with E-state index in [-0.39, 0.29) is 12.2 Å². The first-order valence-electron chi connectivity index (χ1n) is 9.19. The van der Waals surface area contributed by atoms with E-state index in [9.17, 15) is 14.7 Å². The monoisotopic (exact) mass is 346 g/mol. The Balaban J connectivity index is 2.62. The van der Waals surface area contributed by atoms with Crippen LogP contribution in [0.5, 0.6) is 0 Å². The lowest BCUT2D eigenvalue weighted by atomic mass is 10.1. The lowest BCUT2D eigenvalue weighted by Crippen LogP contribution is -2.19. The predicted octanol–water partition coefficient (Wildman–Crippen LogP) is 4.50. The highest BCUT2D eigenvalue weighted by atomic mass is 16.4. The normalized spacial score (nSPS) is 15.6. The second-order valence-corrected chi connectivity index (χ2v) is 6.57. The minimum atomic E-state index is -1.40. The van der Waals surface area contributed by atoms with E-state index in [1.54, 1.807) is 13.0 Å². The van der Waals surface area contributed by atoms with Gasteiger partial charge in [0.1, 0.15) is 0 Å². The van der Waals surface area contributed by atoms with Crippen molar-refractivity contribution in [1.82, 2.24) is 0 Å². The summed E-state index contributed by atoms with van der Waals surface area (Å²) >= 11 is 0. The first-order valence-corrected chi connectivity index (χ1v) is 9.19. The van der Waals surface area contributed by atoms with Crippen LogP contribution in [0.2, 0.25) is 0 Å². The topological polar surface area (TPSA) is 74.6 Å². The highest BCUT2D eigenvalue weighted by molar-refractivity contribution is 5.99. The molecule has 0 heterocycles. The summed E-state index contributed by atoms with van der Waals surface area (Å²) in [6.07, 6.45) is 12.5. The SMILES string of the molecule is CCCCCC/C=C/C1=C(CC=C=C(C)CC(O)C(=O)O)C(=O)CC1. The van der Waals surface area contributed by atoms with Gasteiger partial charge in [-0.25, -0.2) is 4.79 Å². The molecule has 138 valence electrons. The largest absolute Gasteiger partial charge is 0.479 e. The third-order valence-electron chi connectivity index (χ3n) is 4.33. The fourth-order valence-electron chi connectivity index (χ4n) is 2.84. The average molecular weight is 346 g/mol. The number of carbonyl (C=O) groups excluding carboxylic acids is 1. The fourth-order valence-corrected chi connectivity index (χ4v) is 2.84. The molecular weight excluding hydrogens is 316 g/mol. The van der Waals surface area contributed by atoms with Gasteiger partial charge in [-0.15, -0.1) is 5.73 Å². The number of unbranched alkanes of at least 4 members (excludes halogenated alkanes) is 4. The molecule has 25 heavy (non-hydrogen) atoms. The van der Waals surface area contributed by atoms with Crippen LogP contribution in [-0.2, 0) is 9.59 Å². The number of aliphatic carboxylic acids is 1. The minimum absolute atomic E-state index is 0.0450. The lowest BCUT2D eigenvalue weighted by molar-refractivity contribution is -0.146. The van der Waals surface area contributed by atoms with Crippen molar-refractivity contribution in [1.29, 1.82) is 0 Å². The van der Waals surface area contributed by atoms with Crippen LogP contribution >= 0.6 is 0 Å². The summed E-state index contributed by atoms with van der Waals surface area (Å²) in [5, 5.41) is 18.0. The van der Waals surface area contributed by atoms with Crippen molar-refractivity contribution in [3.05, 3.63) is 40.7 Å². The molecule has 0 spiro atoms. The van der Waals surface area contributed by atoms with Gasteiger partial charge in [0.25, 0.3) is 0 Å². The molecule has 4 nitrogen and oxygen atoms in total. The summed E-state index contributed by atoms with van der Waals surface area (Å²) in [5.41, 5.74) is 5.60. The average Bonchev–Trinajstić information content (AvgIpc) is 2.91. The van der Waals surface area contributed by atoms with Crippen molar-refractivity contribution < 1.29 is 19.8 Å². The van der Waals surface area contributed by atoms with Gasteiger partial charge in [0.15, 0.2) is 11.9 Å². The molecule has 1 aliphatic rings. The molecule has 1 atom stereocenters. The van der Waals surface area contributed by atoms with Crippen LogP contribution in [0.1, 0.15) is 71.6 Å². The van der Waals surface area contributed by atoms with E-state index in [0.717, 1.165) is 24.0 Å². The van der Waals surface area contributed by atoms with Crippen LogP contribution in [-0.4, -0.2) is 28.1 Å². The van der Waals surface area contributed by atoms with E-state index >= 15 is 0 Å². The smallest absolute Gasteiger partial charge is 0.332 e. The Kier molecular flexibility index (Phi) is 9.83. The van der Waals surface area contributed by atoms with Crippen LogP contribution in [0.3, 0.4) is 0 Å². The zero-order valence-electron chi connectivity index (χ0n) is 15.4. The summed E-state index contributed by atoms with van der Waals surface area (Å²) < 4.78 is 0. The molecule has 0 saturated carbocycles. The van der Waals surface area contributed by atoms with Gasteiger partial charge in [-0.3, -0.25) is 4.79 Å². The maximum Gasteiger partial charge on any atom is 0.332 e. The standard InChI is InChI=1S/C21H30O4/c1-3-4-5-6-7-8-11-17-13-14-19(22)18(17)12-9-10-16(2)15-20(23)21(24)25/h8-9,11,20,23H,3-7,12-15H2,1-2H3,(H,24,25)/b11-8+. The first kappa shape index (κ1) is 21.1. The molecule has 0 fully saturated rings. The van der Waals surface area contributed by atoms with E-state index < -0.39 is 12.1 Å². The quantitative estimate of drug-likeness (QED) is 0.427. The number of carboxylic acids is 1. The molecule has 0 radical (unpaired) electrons. The van der Waals surface area contributed by atoms with E-state index in [1.807, 2.05) is 0 Å². The van der Waals surface area contributed by atoms with Gasteiger partial charge in [-0.1, -0.05) is 38.3 Å².